The van der Waals surface area contributed by atoms with Gasteiger partial charge in [-0.3, -0.25) is 0 Å². The summed E-state index contributed by atoms with van der Waals surface area (Å²) in [6.45, 7) is 2.65. The molecule has 0 fully saturated rings. The molecule has 0 saturated carbocycles. The van der Waals surface area contributed by atoms with E-state index in [1.807, 2.05) is 55.5 Å². The van der Waals surface area contributed by atoms with Gasteiger partial charge in [0.2, 0.25) is 0 Å². The molecule has 17 heavy (non-hydrogen) atoms. The van der Waals surface area contributed by atoms with E-state index in [4.69, 9.17) is 4.74 Å². The van der Waals surface area contributed by atoms with Crippen LogP contribution >= 0.6 is 0 Å². The summed E-state index contributed by atoms with van der Waals surface area (Å²) >= 11 is 0. The largest absolute Gasteiger partial charge is 2.00 e. The van der Waals surface area contributed by atoms with Crippen molar-refractivity contribution in [1.29, 1.82) is 0 Å². The van der Waals surface area contributed by atoms with E-state index in [9.17, 15) is 0 Å². The monoisotopic (exact) mass is 300 g/mol. The molecule has 2 rings (SSSR count). The van der Waals surface area contributed by atoms with Gasteiger partial charge in [0.1, 0.15) is 5.75 Å². The Bertz CT molecular complexity index is 431. The Morgan fingerprint density at radius 3 is 2.53 bits per heavy atom. The van der Waals surface area contributed by atoms with Gasteiger partial charge in [-0.15, -0.1) is 5.56 Å². The van der Waals surface area contributed by atoms with Crippen LogP contribution in [0, 0.1) is 13.0 Å². The Hall–Kier alpha value is -0.514. The van der Waals surface area contributed by atoms with E-state index < -0.39 is 0 Å². The zero-order chi connectivity index (χ0) is 10.5. The van der Waals surface area contributed by atoms with Crippen LogP contribution in [0.1, 0.15) is 11.1 Å². The fourth-order valence-corrected chi connectivity index (χ4v) is 1.40. The van der Waals surface area contributed by atoms with Gasteiger partial charge in [0.25, 0.3) is 0 Å². The standard InChI is InChI=1S/C14H13O.BrH.Mg/c1-12-7-5-6-10-14(12)15-11-13-8-3-2-4-9-13;;/h2-3,5-10H,11H2,1H3;1H;/q-1;;+2/p-1. The van der Waals surface area contributed by atoms with Crippen molar-refractivity contribution >= 4 is 23.1 Å². The van der Waals surface area contributed by atoms with Gasteiger partial charge in [0.15, 0.2) is 0 Å². The molecular formula is C14H13BrMgO. The van der Waals surface area contributed by atoms with Crippen molar-refractivity contribution in [3.63, 3.8) is 0 Å². The second-order valence-corrected chi connectivity index (χ2v) is 3.47. The van der Waals surface area contributed by atoms with Gasteiger partial charge in [-0.2, -0.15) is 30.3 Å². The Kier molecular flexibility index (Phi) is 8.30. The van der Waals surface area contributed by atoms with Crippen LogP contribution in [0.5, 0.6) is 5.75 Å². The van der Waals surface area contributed by atoms with Crippen LogP contribution < -0.4 is 21.7 Å². The SMILES string of the molecule is Cc1ccccc1OCc1c[c-]ccc1.[Br-].[Mg+2]. The Morgan fingerprint density at radius 2 is 1.88 bits per heavy atom. The third-order valence-corrected chi connectivity index (χ3v) is 2.26. The van der Waals surface area contributed by atoms with E-state index in [1.54, 1.807) is 0 Å². The smallest absolute Gasteiger partial charge is 1.00 e. The maximum atomic E-state index is 5.70. The minimum atomic E-state index is 0. The molecule has 0 radical (unpaired) electrons. The van der Waals surface area contributed by atoms with Crippen molar-refractivity contribution in [2.45, 2.75) is 13.5 Å². The van der Waals surface area contributed by atoms with E-state index in [1.165, 1.54) is 0 Å². The molecule has 3 heteroatoms. The Labute approximate surface area is 129 Å². The Balaban J connectivity index is 0.00000128. The number of aryl methyl sites for hydroxylation is 1. The fourth-order valence-electron chi connectivity index (χ4n) is 1.40. The summed E-state index contributed by atoms with van der Waals surface area (Å²) in [5.41, 5.74) is 2.30. The molecule has 0 aliphatic heterocycles. The Morgan fingerprint density at radius 1 is 1.12 bits per heavy atom. The second kappa shape index (κ2) is 8.56. The normalized spacial score (nSPS) is 8.76. The van der Waals surface area contributed by atoms with E-state index >= 15 is 0 Å². The molecule has 0 unspecified atom stereocenters. The van der Waals surface area contributed by atoms with Gasteiger partial charge in [-0.25, -0.2) is 0 Å². The van der Waals surface area contributed by atoms with Gasteiger partial charge >= 0.3 is 23.1 Å². The van der Waals surface area contributed by atoms with Gasteiger partial charge in [0.05, 0.1) is 6.61 Å². The molecule has 0 bridgehead atoms. The number of para-hydroxylation sites is 1. The van der Waals surface area contributed by atoms with Crippen molar-refractivity contribution in [3.05, 3.63) is 65.7 Å². The first-order chi connectivity index (χ1) is 7.36. The van der Waals surface area contributed by atoms with Crippen LogP contribution in [0.4, 0.5) is 0 Å². The van der Waals surface area contributed by atoms with Crippen molar-refractivity contribution in [3.8, 4) is 5.75 Å². The maximum Gasteiger partial charge on any atom is 2.00 e. The van der Waals surface area contributed by atoms with Crippen molar-refractivity contribution in [2.75, 3.05) is 0 Å². The molecule has 0 aromatic heterocycles. The number of hydrogen-bond donors (Lipinski definition) is 0. The predicted molar refractivity (Wildman–Crippen MR) is 66.5 cm³/mol. The molecule has 2 aromatic carbocycles. The van der Waals surface area contributed by atoms with Crippen LogP contribution in [0.15, 0.2) is 48.5 Å². The zero-order valence-corrected chi connectivity index (χ0v) is 12.8. The third-order valence-electron chi connectivity index (χ3n) is 2.26. The summed E-state index contributed by atoms with van der Waals surface area (Å²) in [7, 11) is 0. The van der Waals surface area contributed by atoms with Crippen molar-refractivity contribution in [1.82, 2.24) is 0 Å². The molecule has 2 aromatic rings. The van der Waals surface area contributed by atoms with Gasteiger partial charge in [-0.1, -0.05) is 18.2 Å². The number of hydrogen-bond acceptors (Lipinski definition) is 1. The molecular weight excluding hydrogens is 288 g/mol. The molecule has 0 spiro atoms. The molecule has 84 valence electrons. The van der Waals surface area contributed by atoms with E-state index in [-0.39, 0.29) is 40.0 Å². The van der Waals surface area contributed by atoms with Crippen molar-refractivity contribution in [2.24, 2.45) is 0 Å². The molecule has 0 aliphatic carbocycles. The molecule has 0 amide bonds. The van der Waals surface area contributed by atoms with Gasteiger partial charge in [0, 0.05) is 0 Å². The van der Waals surface area contributed by atoms with Crippen molar-refractivity contribution < 1.29 is 21.7 Å². The first-order valence-electron chi connectivity index (χ1n) is 5.00. The maximum absolute atomic E-state index is 5.70. The summed E-state index contributed by atoms with van der Waals surface area (Å²) in [5.74, 6) is 0.946. The number of benzene rings is 2. The fraction of sp³-hybridized carbons (Fsp3) is 0.143. The number of halogens is 1. The second-order valence-electron chi connectivity index (χ2n) is 3.47. The van der Waals surface area contributed by atoms with Gasteiger partial charge in [-0.05, 0) is 18.6 Å². The van der Waals surface area contributed by atoms with Crippen LogP contribution in [0.3, 0.4) is 0 Å². The van der Waals surface area contributed by atoms with Crippen LogP contribution in [-0.2, 0) is 6.61 Å². The molecule has 0 N–H and O–H groups in total. The van der Waals surface area contributed by atoms with E-state index in [0.717, 1.165) is 16.9 Å². The zero-order valence-electron chi connectivity index (χ0n) is 9.82. The topological polar surface area (TPSA) is 9.23 Å². The minimum absolute atomic E-state index is 0. The third kappa shape index (κ3) is 5.11. The summed E-state index contributed by atoms with van der Waals surface area (Å²) in [6, 6.07) is 18.9. The number of rotatable bonds is 3. The predicted octanol–water partition coefficient (Wildman–Crippen LogP) is -0.00259. The van der Waals surface area contributed by atoms with E-state index in [2.05, 4.69) is 6.07 Å². The summed E-state index contributed by atoms with van der Waals surface area (Å²) < 4.78 is 5.70. The van der Waals surface area contributed by atoms with Crippen LogP contribution in [0.25, 0.3) is 0 Å². The first kappa shape index (κ1) is 16.5. The summed E-state index contributed by atoms with van der Waals surface area (Å²) in [5, 5.41) is 0. The molecule has 0 heterocycles. The van der Waals surface area contributed by atoms with Crippen LogP contribution in [0.2, 0.25) is 0 Å². The van der Waals surface area contributed by atoms with Gasteiger partial charge < -0.3 is 21.7 Å². The average Bonchev–Trinajstić information content (AvgIpc) is 2.29. The summed E-state index contributed by atoms with van der Waals surface area (Å²) in [4.78, 5) is 0. The summed E-state index contributed by atoms with van der Waals surface area (Å²) in [6.07, 6.45) is 0. The van der Waals surface area contributed by atoms with Crippen LogP contribution in [-0.4, -0.2) is 23.1 Å². The molecule has 1 nitrogen and oxygen atoms in total. The number of ether oxygens (including phenoxy) is 1. The minimum Gasteiger partial charge on any atom is -1.00 e. The quantitative estimate of drug-likeness (QED) is 0.573. The molecule has 0 saturated heterocycles. The average molecular weight is 301 g/mol. The van der Waals surface area contributed by atoms with E-state index in [0.29, 0.717) is 6.61 Å². The molecule has 0 aliphatic rings. The molecule has 0 atom stereocenters. The first-order valence-corrected chi connectivity index (χ1v) is 5.00.